The molecule has 2 aromatic carbocycles. The fraction of sp³-hybridized carbons (Fsp3) is 0.105. The predicted molar refractivity (Wildman–Crippen MR) is 105 cm³/mol. The molecule has 3 rings (SSSR count). The number of hydrogen-bond donors (Lipinski definition) is 2. The van der Waals surface area contributed by atoms with Gasteiger partial charge < -0.3 is 19.8 Å². The van der Waals surface area contributed by atoms with E-state index in [1.165, 1.54) is 14.2 Å². The summed E-state index contributed by atoms with van der Waals surface area (Å²) in [7, 11) is 2.46. The maximum atomic E-state index is 11.8. The van der Waals surface area contributed by atoms with Gasteiger partial charge in [0, 0.05) is 15.7 Å². The van der Waals surface area contributed by atoms with Gasteiger partial charge in [0.1, 0.15) is 11.5 Å². The Hall–Kier alpha value is -3.13. The van der Waals surface area contributed by atoms with Gasteiger partial charge in [0.2, 0.25) is 0 Å². The number of carbonyl (C=O) groups excluding carboxylic acids is 2. The van der Waals surface area contributed by atoms with E-state index < -0.39 is 11.9 Å². The molecule has 0 saturated carbocycles. The van der Waals surface area contributed by atoms with Gasteiger partial charge in [-0.25, -0.2) is 14.6 Å². The van der Waals surface area contributed by atoms with Crippen LogP contribution in [-0.2, 0) is 19.1 Å². The molecule has 0 saturated heterocycles. The molecular formula is C19H16BrN3O4. The van der Waals surface area contributed by atoms with Crippen molar-refractivity contribution in [2.45, 2.75) is 0 Å². The molecule has 8 heteroatoms. The van der Waals surface area contributed by atoms with Crippen molar-refractivity contribution in [1.82, 2.24) is 9.97 Å². The van der Waals surface area contributed by atoms with Gasteiger partial charge in [0.25, 0.3) is 0 Å². The van der Waals surface area contributed by atoms with E-state index in [0.717, 1.165) is 33.0 Å². The highest BCUT2D eigenvalue weighted by Crippen LogP contribution is 2.24. The van der Waals surface area contributed by atoms with Gasteiger partial charge >= 0.3 is 11.9 Å². The first kappa shape index (κ1) is 18.7. The largest absolute Gasteiger partial charge is 0.466 e. The zero-order valence-corrected chi connectivity index (χ0v) is 16.2. The first-order valence-electron chi connectivity index (χ1n) is 7.91. The number of H-pyrrole nitrogens is 1. The molecule has 0 unspecified atom stereocenters. The number of ether oxygens (including phenoxy) is 2. The lowest BCUT2D eigenvalue weighted by Gasteiger charge is -2.09. The quantitative estimate of drug-likeness (QED) is 0.475. The highest BCUT2D eigenvalue weighted by molar-refractivity contribution is 9.10. The summed E-state index contributed by atoms with van der Waals surface area (Å²) in [6.07, 6.45) is 1.04. The van der Waals surface area contributed by atoms with E-state index in [4.69, 9.17) is 0 Å². The average molecular weight is 430 g/mol. The van der Waals surface area contributed by atoms with Gasteiger partial charge in [0.15, 0.2) is 0 Å². The molecule has 0 bridgehead atoms. The Balaban J connectivity index is 1.84. The normalized spacial score (nSPS) is 11.3. The van der Waals surface area contributed by atoms with Gasteiger partial charge in [-0.3, -0.25) is 0 Å². The molecule has 0 aliphatic carbocycles. The van der Waals surface area contributed by atoms with Crippen molar-refractivity contribution in [1.29, 1.82) is 0 Å². The lowest BCUT2D eigenvalue weighted by atomic mass is 10.2. The second kappa shape index (κ2) is 8.05. The number of carbonyl (C=O) groups is 2. The molecular weight excluding hydrogens is 414 g/mol. The Bertz CT molecular complexity index is 1030. The third kappa shape index (κ3) is 4.35. The summed E-state index contributed by atoms with van der Waals surface area (Å²) >= 11 is 3.44. The van der Waals surface area contributed by atoms with Gasteiger partial charge in [-0.05, 0) is 42.5 Å². The Morgan fingerprint density at radius 3 is 2.52 bits per heavy atom. The van der Waals surface area contributed by atoms with Crippen LogP contribution in [0.25, 0.3) is 22.4 Å². The number of methoxy groups -OCH3 is 2. The molecule has 2 N–H and O–H groups in total. The number of hydrogen-bond acceptors (Lipinski definition) is 6. The number of anilines is 1. The number of aromatic amines is 1. The van der Waals surface area contributed by atoms with Gasteiger partial charge in [0.05, 0.1) is 31.3 Å². The van der Waals surface area contributed by atoms with E-state index in [-0.39, 0.29) is 5.70 Å². The second-order valence-corrected chi connectivity index (χ2v) is 6.44. The Kier molecular flexibility index (Phi) is 5.56. The van der Waals surface area contributed by atoms with E-state index in [1.54, 1.807) is 12.1 Å². The second-order valence-electron chi connectivity index (χ2n) is 5.52. The molecule has 0 aliphatic rings. The van der Waals surface area contributed by atoms with Crippen molar-refractivity contribution >= 4 is 44.6 Å². The van der Waals surface area contributed by atoms with Crippen LogP contribution in [0.15, 0.2) is 58.7 Å². The Labute approximate surface area is 163 Å². The molecule has 1 heterocycles. The lowest BCUT2D eigenvalue weighted by Crippen LogP contribution is -2.15. The van der Waals surface area contributed by atoms with Crippen LogP contribution in [0.5, 0.6) is 0 Å². The number of esters is 2. The average Bonchev–Trinajstić information content (AvgIpc) is 3.10. The van der Waals surface area contributed by atoms with Crippen LogP contribution in [0.2, 0.25) is 0 Å². The van der Waals surface area contributed by atoms with Crippen molar-refractivity contribution in [2.75, 3.05) is 19.5 Å². The van der Waals surface area contributed by atoms with E-state index in [2.05, 4.69) is 40.7 Å². The van der Waals surface area contributed by atoms with E-state index in [0.29, 0.717) is 5.69 Å². The summed E-state index contributed by atoms with van der Waals surface area (Å²) in [5, 5.41) is 2.86. The molecule has 1 aromatic heterocycles. The number of nitrogens with one attached hydrogen (secondary N) is 2. The summed E-state index contributed by atoms with van der Waals surface area (Å²) in [5.74, 6) is -0.603. The first-order valence-corrected chi connectivity index (χ1v) is 8.70. The molecule has 7 nitrogen and oxygen atoms in total. The van der Waals surface area contributed by atoms with Crippen LogP contribution in [0, 0.1) is 0 Å². The van der Waals surface area contributed by atoms with E-state index in [9.17, 15) is 9.59 Å². The Morgan fingerprint density at radius 1 is 1.11 bits per heavy atom. The van der Waals surface area contributed by atoms with E-state index in [1.807, 2.05) is 30.3 Å². The molecule has 0 atom stereocenters. The standard InChI is InChI=1S/C19H16BrN3O4/c1-26-17(24)10-16(19(25)27-2)21-13-6-3-11(4-7-13)18-22-14-8-5-12(20)9-15(14)23-18/h3-10,21H,1-2H3,(H,22,23)/b16-10+. The third-order valence-corrected chi connectivity index (χ3v) is 4.24. The van der Waals surface area contributed by atoms with Crippen molar-refractivity contribution < 1.29 is 19.1 Å². The fourth-order valence-corrected chi connectivity index (χ4v) is 2.78. The van der Waals surface area contributed by atoms with Crippen molar-refractivity contribution in [3.05, 3.63) is 58.7 Å². The molecule has 0 spiro atoms. The predicted octanol–water partition coefficient (Wildman–Crippen LogP) is 3.63. The molecule has 27 heavy (non-hydrogen) atoms. The zero-order chi connectivity index (χ0) is 19.4. The highest BCUT2D eigenvalue weighted by atomic mass is 79.9. The van der Waals surface area contributed by atoms with E-state index >= 15 is 0 Å². The molecule has 0 radical (unpaired) electrons. The Morgan fingerprint density at radius 2 is 1.85 bits per heavy atom. The van der Waals surface area contributed by atoms with Crippen LogP contribution in [0.3, 0.4) is 0 Å². The molecule has 0 amide bonds. The van der Waals surface area contributed by atoms with Gasteiger partial charge in [-0.2, -0.15) is 0 Å². The van der Waals surface area contributed by atoms with Gasteiger partial charge in [-0.15, -0.1) is 0 Å². The maximum absolute atomic E-state index is 11.8. The molecule has 3 aromatic rings. The SMILES string of the molecule is COC(=O)/C=C(/Nc1ccc(-c2nc3ccc(Br)cc3[nH]2)cc1)C(=O)OC. The third-order valence-electron chi connectivity index (χ3n) is 3.75. The molecule has 0 fully saturated rings. The van der Waals surface area contributed by atoms with Crippen LogP contribution in [0.4, 0.5) is 5.69 Å². The number of imidazole rings is 1. The number of aromatic nitrogens is 2. The van der Waals surface area contributed by atoms with Gasteiger partial charge in [-0.1, -0.05) is 15.9 Å². The number of rotatable bonds is 5. The van der Waals surface area contributed by atoms with Crippen molar-refractivity contribution in [3.63, 3.8) is 0 Å². The molecule has 138 valence electrons. The zero-order valence-electron chi connectivity index (χ0n) is 14.6. The minimum Gasteiger partial charge on any atom is -0.466 e. The van der Waals surface area contributed by atoms with Crippen LogP contribution >= 0.6 is 15.9 Å². The molecule has 0 aliphatic heterocycles. The van der Waals surface area contributed by atoms with Crippen LogP contribution in [-0.4, -0.2) is 36.1 Å². The van der Waals surface area contributed by atoms with Crippen LogP contribution < -0.4 is 5.32 Å². The number of halogens is 1. The summed E-state index contributed by atoms with van der Waals surface area (Å²) in [6.45, 7) is 0. The summed E-state index contributed by atoms with van der Waals surface area (Å²) < 4.78 is 10.2. The minimum atomic E-state index is -0.674. The number of benzene rings is 2. The van der Waals surface area contributed by atoms with Crippen molar-refractivity contribution in [3.8, 4) is 11.4 Å². The summed E-state index contributed by atoms with van der Waals surface area (Å²) in [5.41, 5.74) is 3.26. The van der Waals surface area contributed by atoms with Crippen molar-refractivity contribution in [2.24, 2.45) is 0 Å². The number of nitrogens with zero attached hydrogens (tertiary/aromatic N) is 1. The lowest BCUT2D eigenvalue weighted by molar-refractivity contribution is -0.138. The smallest absolute Gasteiger partial charge is 0.354 e. The maximum Gasteiger partial charge on any atom is 0.354 e. The highest BCUT2D eigenvalue weighted by Gasteiger charge is 2.13. The monoisotopic (exact) mass is 429 g/mol. The number of fused-ring (bicyclic) bond motifs is 1. The fourth-order valence-electron chi connectivity index (χ4n) is 2.42. The topological polar surface area (TPSA) is 93.3 Å². The van der Waals surface area contributed by atoms with Crippen LogP contribution in [0.1, 0.15) is 0 Å². The summed E-state index contributed by atoms with van der Waals surface area (Å²) in [4.78, 5) is 31.1. The summed E-state index contributed by atoms with van der Waals surface area (Å²) in [6, 6.07) is 13.1. The minimum absolute atomic E-state index is 0.0225. The first-order chi connectivity index (χ1) is 13.0.